The Labute approximate surface area is 181 Å². The first-order valence-corrected chi connectivity index (χ1v) is 13.6. The minimum absolute atomic E-state index is 0.0604. The Balaban J connectivity index is 1.69. The number of likely N-dealkylation sites (N-methyl/N-ethyl adjacent to an activating group) is 1. The van der Waals surface area contributed by atoms with E-state index in [0.29, 0.717) is 12.6 Å². The first-order chi connectivity index (χ1) is 14.0. The van der Waals surface area contributed by atoms with Crippen molar-refractivity contribution in [1.82, 2.24) is 14.5 Å². The molecule has 2 aromatic rings. The smallest absolute Gasteiger partial charge is 0.255 e. The molecule has 1 fully saturated rings. The molecule has 3 rings (SSSR count). The van der Waals surface area contributed by atoms with Gasteiger partial charge in [0.2, 0.25) is 0 Å². The van der Waals surface area contributed by atoms with Gasteiger partial charge in [0.15, 0.2) is 8.32 Å². The molecule has 0 N–H and O–H groups in total. The summed E-state index contributed by atoms with van der Waals surface area (Å²) < 4.78 is 7.89. The Kier molecular flexibility index (Phi) is 6.55. The average Bonchev–Trinajstić information content (AvgIpc) is 3.16. The maximum absolute atomic E-state index is 12.7. The van der Waals surface area contributed by atoms with Crippen LogP contribution in [0.3, 0.4) is 0 Å². The number of rotatable bonds is 6. The summed E-state index contributed by atoms with van der Waals surface area (Å²) in [5, 5.41) is 0.150. The van der Waals surface area contributed by atoms with Gasteiger partial charge >= 0.3 is 0 Å². The zero-order valence-corrected chi connectivity index (χ0v) is 20.5. The molecule has 164 valence electrons. The molecule has 6 nitrogen and oxygen atoms in total. The Bertz CT molecular complexity index is 916. The second-order valence-electron chi connectivity index (χ2n) is 10.0. The Hall–Kier alpha value is -1.96. The molecular formula is C23H36N4O2Si. The molecule has 1 aliphatic rings. The normalized spacial score (nSPS) is 17.7. The predicted molar refractivity (Wildman–Crippen MR) is 126 cm³/mol. The third-order valence-electron chi connectivity index (χ3n) is 6.62. The largest absolute Gasteiger partial charge is 0.413 e. The second-order valence-corrected chi connectivity index (χ2v) is 14.8. The van der Waals surface area contributed by atoms with Gasteiger partial charge in [-0.3, -0.25) is 9.36 Å². The van der Waals surface area contributed by atoms with E-state index >= 15 is 0 Å². The summed E-state index contributed by atoms with van der Waals surface area (Å²) in [6, 6.07) is 8.18. The Morgan fingerprint density at radius 2 is 1.97 bits per heavy atom. The van der Waals surface area contributed by atoms with Crippen LogP contribution in [0.4, 0.5) is 5.82 Å². The van der Waals surface area contributed by atoms with Crippen LogP contribution in [-0.4, -0.2) is 56.0 Å². The number of anilines is 1. The molecule has 0 amide bonds. The van der Waals surface area contributed by atoms with Gasteiger partial charge in [-0.1, -0.05) is 20.8 Å². The van der Waals surface area contributed by atoms with Crippen molar-refractivity contribution in [2.24, 2.45) is 0 Å². The van der Waals surface area contributed by atoms with E-state index < -0.39 is 8.32 Å². The monoisotopic (exact) mass is 428 g/mol. The van der Waals surface area contributed by atoms with Crippen molar-refractivity contribution in [3.05, 3.63) is 52.6 Å². The summed E-state index contributed by atoms with van der Waals surface area (Å²) in [4.78, 5) is 21.9. The number of pyridine rings is 2. The maximum Gasteiger partial charge on any atom is 0.255 e. The van der Waals surface area contributed by atoms with Crippen molar-refractivity contribution >= 4 is 14.1 Å². The van der Waals surface area contributed by atoms with Crippen LogP contribution in [0.25, 0.3) is 5.69 Å². The lowest BCUT2D eigenvalue weighted by atomic mass is 10.2. The summed E-state index contributed by atoms with van der Waals surface area (Å²) in [6.07, 6.45) is 4.75. The van der Waals surface area contributed by atoms with E-state index in [-0.39, 0.29) is 10.6 Å². The standard InChI is InChI=1S/C23H36N4O2Si/c1-23(2,3)30(6,7)29-17-18-10-13-27(22(28)14-18)19-8-9-21(24-15-19)26-12-11-20(16-26)25(4)5/h8-10,13-15,20H,11-12,16-17H2,1-7H3. The van der Waals surface area contributed by atoms with E-state index in [1.165, 1.54) is 0 Å². The summed E-state index contributed by atoms with van der Waals surface area (Å²) in [5.41, 5.74) is 1.64. The van der Waals surface area contributed by atoms with Gasteiger partial charge in [-0.25, -0.2) is 4.98 Å². The topological polar surface area (TPSA) is 50.6 Å². The van der Waals surface area contributed by atoms with Gasteiger partial charge < -0.3 is 14.2 Å². The molecule has 0 saturated carbocycles. The highest BCUT2D eigenvalue weighted by Crippen LogP contribution is 2.37. The number of nitrogens with zero attached hydrogens (tertiary/aromatic N) is 4. The van der Waals surface area contributed by atoms with E-state index in [1.807, 2.05) is 24.4 Å². The minimum atomic E-state index is -1.84. The number of aromatic nitrogens is 2. The fourth-order valence-corrected chi connectivity index (χ4v) is 4.34. The van der Waals surface area contributed by atoms with Crippen LogP contribution >= 0.6 is 0 Å². The molecule has 1 atom stereocenters. The summed E-state index contributed by atoms with van der Waals surface area (Å²) in [5.74, 6) is 0.968. The van der Waals surface area contributed by atoms with Crippen LogP contribution in [0.15, 0.2) is 41.5 Å². The molecule has 0 bridgehead atoms. The van der Waals surface area contributed by atoms with Crippen LogP contribution in [0, 0.1) is 0 Å². The Morgan fingerprint density at radius 3 is 2.50 bits per heavy atom. The highest BCUT2D eigenvalue weighted by atomic mass is 28.4. The zero-order valence-electron chi connectivity index (χ0n) is 19.5. The lowest BCUT2D eigenvalue weighted by Crippen LogP contribution is -2.40. The van der Waals surface area contributed by atoms with Crippen molar-refractivity contribution in [1.29, 1.82) is 0 Å². The van der Waals surface area contributed by atoms with E-state index in [0.717, 1.165) is 36.6 Å². The fraction of sp³-hybridized carbons (Fsp3) is 0.565. The second kappa shape index (κ2) is 8.65. The molecule has 1 saturated heterocycles. The number of hydrogen-bond acceptors (Lipinski definition) is 5. The summed E-state index contributed by atoms with van der Waals surface area (Å²) in [6.45, 7) is 13.6. The molecule has 0 aromatic carbocycles. The van der Waals surface area contributed by atoms with Gasteiger partial charge in [-0.2, -0.15) is 0 Å². The highest BCUT2D eigenvalue weighted by Gasteiger charge is 2.37. The van der Waals surface area contributed by atoms with E-state index in [1.54, 1.807) is 16.8 Å². The quantitative estimate of drug-likeness (QED) is 0.653. The van der Waals surface area contributed by atoms with Crippen molar-refractivity contribution in [2.45, 2.75) is 58.0 Å². The van der Waals surface area contributed by atoms with Crippen LogP contribution in [0.2, 0.25) is 18.1 Å². The van der Waals surface area contributed by atoms with Crippen molar-refractivity contribution < 1.29 is 4.43 Å². The van der Waals surface area contributed by atoms with Gasteiger partial charge in [-0.05, 0) is 62.4 Å². The molecule has 1 unspecified atom stereocenters. The van der Waals surface area contributed by atoms with Crippen LogP contribution in [0.5, 0.6) is 0 Å². The third kappa shape index (κ3) is 5.02. The van der Waals surface area contributed by atoms with Gasteiger partial charge in [-0.15, -0.1) is 0 Å². The molecule has 0 radical (unpaired) electrons. The summed E-state index contributed by atoms with van der Waals surface area (Å²) >= 11 is 0. The highest BCUT2D eigenvalue weighted by molar-refractivity contribution is 6.74. The molecule has 0 spiro atoms. The molecule has 0 aliphatic carbocycles. The third-order valence-corrected chi connectivity index (χ3v) is 11.1. The molecule has 3 heterocycles. The van der Waals surface area contributed by atoms with Crippen molar-refractivity contribution in [2.75, 3.05) is 32.1 Å². The summed E-state index contributed by atoms with van der Waals surface area (Å²) in [7, 11) is 2.41. The van der Waals surface area contributed by atoms with E-state index in [2.05, 4.69) is 62.7 Å². The zero-order chi connectivity index (χ0) is 22.1. The Morgan fingerprint density at radius 1 is 1.23 bits per heavy atom. The van der Waals surface area contributed by atoms with Gasteiger partial charge in [0.1, 0.15) is 5.82 Å². The predicted octanol–water partition coefficient (Wildman–Crippen LogP) is 3.89. The molecule has 7 heteroatoms. The lowest BCUT2D eigenvalue weighted by molar-refractivity contribution is 0.276. The average molecular weight is 429 g/mol. The van der Waals surface area contributed by atoms with Crippen LogP contribution < -0.4 is 10.5 Å². The molecular weight excluding hydrogens is 392 g/mol. The number of hydrogen-bond donors (Lipinski definition) is 0. The molecule has 30 heavy (non-hydrogen) atoms. The van der Waals surface area contributed by atoms with Crippen LogP contribution in [0.1, 0.15) is 32.8 Å². The first-order valence-electron chi connectivity index (χ1n) is 10.7. The van der Waals surface area contributed by atoms with Gasteiger partial charge in [0.05, 0.1) is 18.5 Å². The van der Waals surface area contributed by atoms with Crippen molar-refractivity contribution in [3.8, 4) is 5.69 Å². The molecule has 1 aliphatic heterocycles. The van der Waals surface area contributed by atoms with Gasteiger partial charge in [0, 0.05) is 31.4 Å². The lowest BCUT2D eigenvalue weighted by Gasteiger charge is -2.36. The fourth-order valence-electron chi connectivity index (χ4n) is 3.38. The van der Waals surface area contributed by atoms with E-state index in [9.17, 15) is 4.79 Å². The van der Waals surface area contributed by atoms with Crippen LogP contribution in [-0.2, 0) is 11.0 Å². The van der Waals surface area contributed by atoms with E-state index in [4.69, 9.17) is 4.43 Å². The molecule has 2 aromatic heterocycles. The SMILES string of the molecule is CN(C)C1CCN(c2ccc(-n3ccc(CO[Si](C)(C)C(C)(C)C)cc3=O)cn2)C1. The first kappa shape index (κ1) is 22.7. The van der Waals surface area contributed by atoms with Gasteiger partial charge in [0.25, 0.3) is 5.56 Å². The maximum atomic E-state index is 12.7. The minimum Gasteiger partial charge on any atom is -0.413 e. The van der Waals surface area contributed by atoms with Crippen molar-refractivity contribution in [3.63, 3.8) is 0 Å².